The van der Waals surface area contributed by atoms with E-state index in [1.54, 1.807) is 20.8 Å². The molecule has 2 N–H and O–H groups in total. The molecule has 0 aliphatic heterocycles. The molecule has 96 valence electrons. The summed E-state index contributed by atoms with van der Waals surface area (Å²) < 4.78 is 16.1. The summed E-state index contributed by atoms with van der Waals surface area (Å²) in [6, 6.07) is -0.602. The van der Waals surface area contributed by atoms with E-state index in [0.717, 1.165) is 0 Å². The van der Waals surface area contributed by atoms with Crippen molar-refractivity contribution in [2.24, 2.45) is 0 Å². The van der Waals surface area contributed by atoms with Gasteiger partial charge in [0, 0.05) is 16.6 Å². The number of amides is 1. The van der Waals surface area contributed by atoms with Gasteiger partial charge >= 0.3 is 6.09 Å². The standard InChI is InChI=1S/C9H18ClNO4S/c1-9(2,3)15-8(13)11-7(4-12)5-16(14)6-10/h7,12H,4-6H2,1-3H3,(H,11,13). The lowest BCUT2D eigenvalue weighted by atomic mass is 10.2. The molecule has 0 radical (unpaired) electrons. The molecule has 0 aromatic heterocycles. The zero-order chi connectivity index (χ0) is 12.8. The lowest BCUT2D eigenvalue weighted by Gasteiger charge is -2.22. The Morgan fingerprint density at radius 2 is 2.12 bits per heavy atom. The van der Waals surface area contributed by atoms with Crippen LogP contribution in [0, 0.1) is 0 Å². The Morgan fingerprint density at radius 3 is 2.50 bits per heavy atom. The predicted octanol–water partition coefficient (Wildman–Crippen LogP) is 0.817. The monoisotopic (exact) mass is 271 g/mol. The lowest BCUT2D eigenvalue weighted by molar-refractivity contribution is 0.0491. The highest BCUT2D eigenvalue weighted by atomic mass is 35.5. The predicted molar refractivity (Wildman–Crippen MR) is 64.0 cm³/mol. The van der Waals surface area contributed by atoms with Crippen LogP contribution in [0.4, 0.5) is 4.79 Å². The van der Waals surface area contributed by atoms with E-state index in [1.807, 2.05) is 0 Å². The molecule has 0 aromatic rings. The number of carbonyl (C=O) groups excluding carboxylic acids is 1. The lowest BCUT2D eigenvalue weighted by Crippen LogP contribution is -2.43. The third-order valence-electron chi connectivity index (χ3n) is 1.45. The SMILES string of the molecule is CC(C)(C)OC(=O)NC(CO)CS(=O)CCl. The fourth-order valence-corrected chi connectivity index (χ4v) is 1.88. The van der Waals surface area contributed by atoms with Crippen molar-refractivity contribution in [2.45, 2.75) is 32.4 Å². The number of alkyl carbamates (subject to hydrolysis) is 1. The summed E-state index contributed by atoms with van der Waals surface area (Å²) >= 11 is 5.37. The Labute approximate surface area is 103 Å². The van der Waals surface area contributed by atoms with Crippen LogP contribution in [0.1, 0.15) is 20.8 Å². The van der Waals surface area contributed by atoms with Gasteiger partial charge in [0.25, 0.3) is 0 Å². The van der Waals surface area contributed by atoms with E-state index in [-0.39, 0.29) is 17.6 Å². The molecule has 0 heterocycles. The highest BCUT2D eigenvalue weighted by molar-refractivity contribution is 7.86. The Morgan fingerprint density at radius 1 is 1.56 bits per heavy atom. The van der Waals surface area contributed by atoms with Gasteiger partial charge in [0.1, 0.15) is 5.60 Å². The van der Waals surface area contributed by atoms with E-state index in [1.165, 1.54) is 0 Å². The van der Waals surface area contributed by atoms with Crippen LogP contribution in [-0.2, 0) is 15.5 Å². The third-order valence-corrected chi connectivity index (χ3v) is 3.20. The Bertz CT molecular complexity index is 254. The maximum absolute atomic E-state index is 11.3. The molecule has 0 saturated heterocycles. The number of ether oxygens (including phenoxy) is 1. The van der Waals surface area contributed by atoms with Gasteiger partial charge < -0.3 is 15.2 Å². The van der Waals surface area contributed by atoms with Crippen LogP contribution in [0.2, 0.25) is 0 Å². The molecule has 5 nitrogen and oxygen atoms in total. The van der Waals surface area contributed by atoms with E-state index in [4.69, 9.17) is 21.4 Å². The molecule has 7 heteroatoms. The summed E-state index contributed by atoms with van der Waals surface area (Å²) in [5.41, 5.74) is -0.601. The van der Waals surface area contributed by atoms with Gasteiger partial charge in [-0.25, -0.2) is 4.79 Å². The normalized spacial score (nSPS) is 15.3. The average Bonchev–Trinajstić information content (AvgIpc) is 2.13. The molecular formula is C9H18ClNO4S. The molecule has 0 saturated carbocycles. The van der Waals surface area contributed by atoms with Crippen LogP contribution in [0.15, 0.2) is 0 Å². The molecule has 0 bridgehead atoms. The van der Waals surface area contributed by atoms with E-state index in [9.17, 15) is 9.00 Å². The van der Waals surface area contributed by atoms with Crippen LogP contribution in [0.5, 0.6) is 0 Å². The fourth-order valence-electron chi connectivity index (χ4n) is 0.883. The van der Waals surface area contributed by atoms with Crippen molar-refractivity contribution in [2.75, 3.05) is 17.6 Å². The maximum atomic E-state index is 11.3. The van der Waals surface area contributed by atoms with Gasteiger partial charge in [0.05, 0.1) is 17.9 Å². The minimum Gasteiger partial charge on any atom is -0.444 e. The minimum absolute atomic E-state index is 0.0213. The molecule has 0 aromatic carbocycles. The van der Waals surface area contributed by atoms with Crippen molar-refractivity contribution >= 4 is 28.5 Å². The molecule has 0 spiro atoms. The topological polar surface area (TPSA) is 75.6 Å². The Hall–Kier alpha value is -0.330. The number of aliphatic hydroxyl groups excluding tert-OH is 1. The van der Waals surface area contributed by atoms with Crippen LogP contribution in [0.3, 0.4) is 0 Å². The fraction of sp³-hybridized carbons (Fsp3) is 0.889. The van der Waals surface area contributed by atoms with Crippen LogP contribution in [-0.4, -0.2) is 44.6 Å². The number of aliphatic hydroxyl groups is 1. The van der Waals surface area contributed by atoms with Gasteiger partial charge in [-0.2, -0.15) is 0 Å². The number of hydrogen-bond donors (Lipinski definition) is 2. The van der Waals surface area contributed by atoms with Crippen molar-refractivity contribution in [1.29, 1.82) is 0 Å². The number of halogens is 1. The summed E-state index contributed by atoms with van der Waals surface area (Å²) in [7, 11) is -1.26. The smallest absolute Gasteiger partial charge is 0.407 e. The van der Waals surface area contributed by atoms with Crippen molar-refractivity contribution in [1.82, 2.24) is 5.32 Å². The van der Waals surface area contributed by atoms with E-state index in [0.29, 0.717) is 0 Å². The van der Waals surface area contributed by atoms with E-state index in [2.05, 4.69) is 5.32 Å². The summed E-state index contributed by atoms with van der Waals surface area (Å²) in [6.07, 6.45) is -0.641. The Kier molecular flexibility index (Phi) is 6.94. The number of alkyl halides is 1. The number of hydrogen-bond acceptors (Lipinski definition) is 4. The van der Waals surface area contributed by atoms with Crippen molar-refractivity contribution in [3.63, 3.8) is 0 Å². The zero-order valence-electron chi connectivity index (χ0n) is 9.66. The highest BCUT2D eigenvalue weighted by Gasteiger charge is 2.20. The third kappa shape index (κ3) is 7.90. The summed E-state index contributed by atoms with van der Waals surface area (Å²) in [5.74, 6) is 0.110. The molecule has 0 fully saturated rings. The van der Waals surface area contributed by atoms with Gasteiger partial charge in [-0.3, -0.25) is 4.21 Å². The van der Waals surface area contributed by atoms with Crippen molar-refractivity contribution in [3.8, 4) is 0 Å². The summed E-state index contributed by atoms with van der Waals surface area (Å²) in [4.78, 5) is 11.3. The van der Waals surface area contributed by atoms with Gasteiger partial charge in [-0.1, -0.05) is 0 Å². The highest BCUT2D eigenvalue weighted by Crippen LogP contribution is 2.06. The van der Waals surface area contributed by atoms with Gasteiger partial charge in [0.2, 0.25) is 0 Å². The molecule has 0 aliphatic rings. The second-order valence-corrected chi connectivity index (χ2v) is 6.33. The van der Waals surface area contributed by atoms with Gasteiger partial charge in [-0.15, -0.1) is 11.6 Å². The zero-order valence-corrected chi connectivity index (χ0v) is 11.2. The van der Waals surface area contributed by atoms with E-state index >= 15 is 0 Å². The maximum Gasteiger partial charge on any atom is 0.407 e. The van der Waals surface area contributed by atoms with E-state index < -0.39 is 28.5 Å². The summed E-state index contributed by atoms with van der Waals surface area (Å²) in [5, 5.41) is 11.4. The Balaban J connectivity index is 4.12. The van der Waals surface area contributed by atoms with Crippen LogP contribution < -0.4 is 5.32 Å². The van der Waals surface area contributed by atoms with Crippen LogP contribution >= 0.6 is 11.6 Å². The first-order chi connectivity index (χ1) is 7.28. The summed E-state index contributed by atoms with van der Waals surface area (Å²) in [6.45, 7) is 4.90. The first kappa shape index (κ1) is 15.7. The average molecular weight is 272 g/mol. The second kappa shape index (κ2) is 7.09. The molecular weight excluding hydrogens is 254 g/mol. The molecule has 2 unspecified atom stereocenters. The second-order valence-electron chi connectivity index (χ2n) is 4.24. The molecule has 0 aliphatic carbocycles. The number of rotatable bonds is 5. The van der Waals surface area contributed by atoms with Crippen molar-refractivity contribution < 1.29 is 18.8 Å². The van der Waals surface area contributed by atoms with Crippen molar-refractivity contribution in [3.05, 3.63) is 0 Å². The first-order valence-electron chi connectivity index (χ1n) is 4.80. The van der Waals surface area contributed by atoms with Gasteiger partial charge in [0.15, 0.2) is 0 Å². The molecule has 2 atom stereocenters. The minimum atomic E-state index is -1.26. The molecule has 1 amide bonds. The number of nitrogens with one attached hydrogen (secondary N) is 1. The van der Waals surface area contributed by atoms with Crippen LogP contribution in [0.25, 0.3) is 0 Å². The quantitative estimate of drug-likeness (QED) is 0.726. The van der Waals surface area contributed by atoms with Gasteiger partial charge in [-0.05, 0) is 20.8 Å². The largest absolute Gasteiger partial charge is 0.444 e. The number of carbonyl (C=O) groups is 1. The molecule has 16 heavy (non-hydrogen) atoms. The first-order valence-corrected chi connectivity index (χ1v) is 6.82. The molecule has 0 rings (SSSR count).